The lowest BCUT2D eigenvalue weighted by Crippen LogP contribution is -2.51. The van der Waals surface area contributed by atoms with Crippen LogP contribution in [0, 0.1) is 5.82 Å². The predicted octanol–water partition coefficient (Wildman–Crippen LogP) is 6.37. The summed E-state index contributed by atoms with van der Waals surface area (Å²) < 4.78 is 19.0. The minimum Gasteiger partial charge on any atom is -0.444 e. The fourth-order valence-electron chi connectivity index (χ4n) is 4.00. The van der Waals surface area contributed by atoms with Gasteiger partial charge in [-0.25, -0.2) is 14.0 Å². The number of ether oxygens (including phenoxy) is 1. The number of hydrogen-bond acceptors (Lipinski definition) is 6. The molecule has 5 N–H and O–H groups in total. The zero-order chi connectivity index (χ0) is 30.9. The highest BCUT2D eigenvalue weighted by atomic mass is 19.1. The fourth-order valence-corrected chi connectivity index (χ4v) is 4.00. The van der Waals surface area contributed by atoms with E-state index in [1.54, 1.807) is 68.1 Å². The highest BCUT2D eigenvalue weighted by molar-refractivity contribution is 6.05. The van der Waals surface area contributed by atoms with E-state index in [-0.39, 0.29) is 18.8 Å². The summed E-state index contributed by atoms with van der Waals surface area (Å²) in [6, 6.07) is 15.2. The van der Waals surface area contributed by atoms with Crippen molar-refractivity contribution in [1.82, 2.24) is 9.88 Å². The molecule has 3 aromatic rings. The van der Waals surface area contributed by atoms with E-state index in [4.69, 9.17) is 10.5 Å². The number of halogens is 1. The van der Waals surface area contributed by atoms with Gasteiger partial charge >= 0.3 is 12.1 Å². The van der Waals surface area contributed by atoms with Crippen LogP contribution in [0.1, 0.15) is 63.5 Å². The summed E-state index contributed by atoms with van der Waals surface area (Å²) in [4.78, 5) is 44.3. The third-order valence-corrected chi connectivity index (χ3v) is 6.52. The molecule has 0 atom stereocenters. The Kier molecular flexibility index (Phi) is 10.6. The third kappa shape index (κ3) is 9.55. The first-order valence-corrected chi connectivity index (χ1v) is 13.8. The first-order chi connectivity index (χ1) is 19.8. The van der Waals surface area contributed by atoms with E-state index in [1.165, 1.54) is 24.4 Å². The van der Waals surface area contributed by atoms with Gasteiger partial charge in [-0.3, -0.25) is 15.1 Å². The highest BCUT2D eigenvalue weighted by Gasteiger charge is 2.27. The number of carbonyl (C=O) groups excluding carboxylic acids is 3. The van der Waals surface area contributed by atoms with Crippen molar-refractivity contribution >= 4 is 35.1 Å². The van der Waals surface area contributed by atoms with Crippen molar-refractivity contribution < 1.29 is 23.5 Å². The monoisotopic (exact) mass is 578 g/mol. The molecule has 0 aliphatic rings. The molecule has 0 aliphatic heterocycles. The largest absolute Gasteiger partial charge is 0.444 e. The van der Waals surface area contributed by atoms with Gasteiger partial charge in [0, 0.05) is 30.5 Å². The second-order valence-corrected chi connectivity index (χ2v) is 11.0. The third-order valence-electron chi connectivity index (χ3n) is 6.52. The van der Waals surface area contributed by atoms with Crippen LogP contribution in [0.15, 0.2) is 66.9 Å². The fraction of sp³-hybridized carbons (Fsp3) is 0.355. The SMILES string of the molecule is CCC(N)(CC)CN(Cc1ccc(C(=O)Nc2ccccc2NC(=O)OC(C)(C)C)nc1)C(=O)Nc1cccc(F)c1. The number of rotatable bonds is 10. The smallest absolute Gasteiger partial charge is 0.412 e. The Hall–Kier alpha value is -4.51. The average Bonchev–Trinajstić information content (AvgIpc) is 2.93. The van der Waals surface area contributed by atoms with Crippen LogP contribution in [0.2, 0.25) is 0 Å². The first-order valence-electron chi connectivity index (χ1n) is 13.8. The van der Waals surface area contributed by atoms with Gasteiger partial charge in [-0.2, -0.15) is 0 Å². The molecule has 0 saturated heterocycles. The van der Waals surface area contributed by atoms with Crippen molar-refractivity contribution in [1.29, 1.82) is 0 Å². The lowest BCUT2D eigenvalue weighted by molar-refractivity contribution is 0.0635. The van der Waals surface area contributed by atoms with Gasteiger partial charge < -0.3 is 26.0 Å². The number of nitrogens with two attached hydrogens (primary N) is 1. The van der Waals surface area contributed by atoms with Gasteiger partial charge in [0.1, 0.15) is 17.1 Å². The first kappa shape index (κ1) is 32.0. The molecule has 0 saturated carbocycles. The van der Waals surface area contributed by atoms with Crippen molar-refractivity contribution in [3.8, 4) is 0 Å². The summed E-state index contributed by atoms with van der Waals surface area (Å²) in [6.07, 6.45) is 2.16. The Labute approximate surface area is 245 Å². The lowest BCUT2D eigenvalue weighted by Gasteiger charge is -2.34. The zero-order valence-corrected chi connectivity index (χ0v) is 24.7. The van der Waals surface area contributed by atoms with E-state index in [2.05, 4.69) is 20.9 Å². The number of para-hydroxylation sites is 2. The van der Waals surface area contributed by atoms with Crippen molar-refractivity contribution in [2.24, 2.45) is 5.73 Å². The number of nitrogens with one attached hydrogen (secondary N) is 3. The van der Waals surface area contributed by atoms with Gasteiger partial charge in [0.2, 0.25) is 0 Å². The lowest BCUT2D eigenvalue weighted by atomic mass is 9.93. The molecule has 0 aliphatic carbocycles. The van der Waals surface area contributed by atoms with Gasteiger partial charge in [0.25, 0.3) is 5.91 Å². The van der Waals surface area contributed by atoms with Crippen LogP contribution in [0.25, 0.3) is 0 Å². The van der Waals surface area contributed by atoms with E-state index in [1.807, 2.05) is 13.8 Å². The molecular formula is C31H39FN6O4. The molecule has 2 aromatic carbocycles. The van der Waals surface area contributed by atoms with E-state index in [0.717, 1.165) is 0 Å². The van der Waals surface area contributed by atoms with Gasteiger partial charge in [-0.15, -0.1) is 0 Å². The van der Waals surface area contributed by atoms with Gasteiger partial charge in [0.05, 0.1) is 11.4 Å². The van der Waals surface area contributed by atoms with E-state index in [0.29, 0.717) is 35.5 Å². The number of amides is 4. The van der Waals surface area contributed by atoms with Crippen molar-refractivity contribution in [3.63, 3.8) is 0 Å². The number of benzene rings is 2. The second-order valence-electron chi connectivity index (χ2n) is 11.0. The predicted molar refractivity (Wildman–Crippen MR) is 162 cm³/mol. The molecule has 10 nitrogen and oxygen atoms in total. The molecule has 1 heterocycles. The number of urea groups is 1. The molecule has 0 radical (unpaired) electrons. The van der Waals surface area contributed by atoms with Crippen molar-refractivity contribution in [2.45, 2.75) is 65.1 Å². The molecule has 224 valence electrons. The van der Waals surface area contributed by atoms with Gasteiger partial charge in [-0.1, -0.05) is 38.1 Å². The number of hydrogen-bond donors (Lipinski definition) is 4. The maximum absolute atomic E-state index is 13.7. The molecule has 11 heteroatoms. The summed E-state index contributed by atoms with van der Waals surface area (Å²) in [7, 11) is 0. The van der Waals surface area contributed by atoms with Crippen LogP contribution in [-0.2, 0) is 11.3 Å². The number of pyridine rings is 1. The van der Waals surface area contributed by atoms with E-state index >= 15 is 0 Å². The number of aromatic nitrogens is 1. The molecular weight excluding hydrogens is 539 g/mol. The summed E-state index contributed by atoms with van der Waals surface area (Å²) in [5.74, 6) is -0.949. The Balaban J connectivity index is 1.73. The summed E-state index contributed by atoms with van der Waals surface area (Å²) in [5, 5.41) is 8.13. The molecule has 0 fully saturated rings. The van der Waals surface area contributed by atoms with Gasteiger partial charge in [-0.05, 0) is 75.6 Å². The molecule has 0 unspecified atom stereocenters. The average molecular weight is 579 g/mol. The van der Waals surface area contributed by atoms with E-state index in [9.17, 15) is 18.8 Å². The van der Waals surface area contributed by atoms with Crippen molar-refractivity contribution in [3.05, 3.63) is 83.9 Å². The molecule has 1 aromatic heterocycles. The molecule has 0 bridgehead atoms. The molecule has 3 rings (SSSR count). The standard InChI is InChI=1S/C31H39FN6O4/c1-6-31(33,7-2)20-38(28(40)35-23-12-10-11-22(32)17-23)19-21-15-16-26(34-18-21)27(39)36-24-13-8-9-14-25(24)37-29(41)42-30(3,4)5/h8-18H,6-7,19-20,33H2,1-5H3,(H,35,40)(H,36,39)(H,37,41). The number of anilines is 3. The van der Waals surface area contributed by atoms with Crippen LogP contribution >= 0.6 is 0 Å². The normalized spacial score (nSPS) is 11.4. The molecule has 42 heavy (non-hydrogen) atoms. The maximum Gasteiger partial charge on any atom is 0.412 e. The minimum atomic E-state index is -0.678. The molecule has 0 spiro atoms. The Morgan fingerprint density at radius 1 is 0.929 bits per heavy atom. The minimum absolute atomic E-state index is 0.136. The van der Waals surface area contributed by atoms with E-state index < -0.39 is 35.0 Å². The zero-order valence-electron chi connectivity index (χ0n) is 24.7. The quantitative estimate of drug-likeness (QED) is 0.220. The van der Waals surface area contributed by atoms with Crippen LogP contribution in [0.3, 0.4) is 0 Å². The summed E-state index contributed by atoms with van der Waals surface area (Å²) in [6.45, 7) is 9.61. The summed E-state index contributed by atoms with van der Waals surface area (Å²) >= 11 is 0. The second kappa shape index (κ2) is 13.9. The maximum atomic E-state index is 13.7. The van der Waals surface area contributed by atoms with Crippen LogP contribution in [0.4, 0.5) is 31.0 Å². The van der Waals surface area contributed by atoms with Crippen molar-refractivity contribution in [2.75, 3.05) is 22.5 Å². The topological polar surface area (TPSA) is 139 Å². The number of carbonyl (C=O) groups is 3. The Morgan fingerprint density at radius 3 is 2.17 bits per heavy atom. The number of nitrogens with zero attached hydrogens (tertiary/aromatic N) is 2. The van der Waals surface area contributed by atoms with Gasteiger partial charge in [0.15, 0.2) is 0 Å². The summed E-state index contributed by atoms with van der Waals surface area (Å²) in [5.41, 5.74) is 7.11. The molecule has 4 amide bonds. The van der Waals surface area contributed by atoms with Crippen LogP contribution in [0.5, 0.6) is 0 Å². The van der Waals surface area contributed by atoms with Crippen LogP contribution in [-0.4, -0.2) is 45.6 Å². The highest BCUT2D eigenvalue weighted by Crippen LogP contribution is 2.23. The van der Waals surface area contributed by atoms with Crippen LogP contribution < -0.4 is 21.7 Å². The Morgan fingerprint density at radius 2 is 1.60 bits per heavy atom. The Bertz CT molecular complexity index is 1390.